The maximum Gasteiger partial charge on any atom is 0.264 e. The highest BCUT2D eigenvalue weighted by atomic mass is 32.1. The molecule has 1 aromatic carbocycles. The average molecular weight is 453 g/mol. The summed E-state index contributed by atoms with van der Waals surface area (Å²) >= 11 is 1.54. The summed E-state index contributed by atoms with van der Waals surface area (Å²) in [5, 5.41) is 22.2. The van der Waals surface area contributed by atoms with Gasteiger partial charge >= 0.3 is 0 Å². The number of rotatable bonds is 8. The van der Waals surface area contributed by atoms with Crippen molar-refractivity contribution < 1.29 is 14.3 Å². The van der Waals surface area contributed by atoms with Gasteiger partial charge in [0, 0.05) is 16.6 Å². The van der Waals surface area contributed by atoms with Gasteiger partial charge in [0.15, 0.2) is 0 Å². The number of aryl methyl sites for hydroxylation is 2. The molecule has 3 heterocycles. The van der Waals surface area contributed by atoms with Crippen LogP contribution in [-0.4, -0.2) is 32.4 Å². The van der Waals surface area contributed by atoms with Crippen molar-refractivity contribution in [1.82, 2.24) is 20.2 Å². The Bertz CT molecular complexity index is 1290. The van der Waals surface area contributed by atoms with Crippen LogP contribution in [0.25, 0.3) is 22.6 Å². The summed E-state index contributed by atoms with van der Waals surface area (Å²) in [4.78, 5) is 20.2. The summed E-state index contributed by atoms with van der Waals surface area (Å²) < 4.78 is 11.1. The van der Waals surface area contributed by atoms with E-state index in [4.69, 9.17) is 9.15 Å². The highest BCUT2D eigenvalue weighted by Gasteiger charge is 2.24. The van der Waals surface area contributed by atoms with E-state index in [1.54, 1.807) is 7.11 Å². The molecule has 0 bridgehead atoms. The quantitative estimate of drug-likeness (QED) is 0.404. The highest BCUT2D eigenvalue weighted by molar-refractivity contribution is 7.09. The summed E-state index contributed by atoms with van der Waals surface area (Å²) in [5.41, 5.74) is 2.21. The maximum atomic E-state index is 12.9. The Hall–Kier alpha value is -3.46. The third-order valence-corrected chi connectivity index (χ3v) is 5.91. The van der Waals surface area contributed by atoms with Crippen molar-refractivity contribution in [3.05, 3.63) is 62.3 Å². The molecule has 0 radical (unpaired) electrons. The standard InChI is InChI=1S/C23H24N4O4S/c1-4-5-9-17-19(14-7-6-8-16(10-14)30-3)21(28)20(22(29)25-17)23-27-26-18(31-23)11-15-12-32-13(2)24-15/h6-8,10,12H,4-5,9,11H2,1-3H3,(H2,25,28,29). The maximum absolute atomic E-state index is 12.9. The SMILES string of the molecule is CCCCc1[nH]c(=O)c(-c2nnc(Cc3csc(C)n3)o2)c(O)c1-c1cccc(OC)c1. The summed E-state index contributed by atoms with van der Waals surface area (Å²) in [7, 11) is 1.58. The number of H-pyrrole nitrogens is 1. The van der Waals surface area contributed by atoms with E-state index in [9.17, 15) is 9.90 Å². The lowest BCUT2D eigenvalue weighted by molar-refractivity contribution is 0.415. The zero-order valence-electron chi connectivity index (χ0n) is 18.1. The first kappa shape index (κ1) is 21.8. The minimum atomic E-state index is -0.472. The molecule has 0 saturated heterocycles. The van der Waals surface area contributed by atoms with Gasteiger partial charge in [-0.25, -0.2) is 4.98 Å². The number of hydrogen-bond acceptors (Lipinski definition) is 8. The van der Waals surface area contributed by atoms with Gasteiger partial charge < -0.3 is 19.2 Å². The lowest BCUT2D eigenvalue weighted by atomic mass is 9.97. The van der Waals surface area contributed by atoms with Gasteiger partial charge in [-0.15, -0.1) is 21.5 Å². The topological polar surface area (TPSA) is 114 Å². The zero-order valence-corrected chi connectivity index (χ0v) is 19.0. The average Bonchev–Trinajstić information content (AvgIpc) is 3.41. The molecule has 9 heteroatoms. The molecule has 0 aliphatic rings. The number of pyridine rings is 1. The Morgan fingerprint density at radius 3 is 2.81 bits per heavy atom. The van der Waals surface area contributed by atoms with Crippen LogP contribution in [0.1, 0.15) is 42.1 Å². The van der Waals surface area contributed by atoms with Crippen molar-refractivity contribution >= 4 is 11.3 Å². The second-order valence-electron chi connectivity index (χ2n) is 7.40. The van der Waals surface area contributed by atoms with Gasteiger partial charge in [-0.2, -0.15) is 0 Å². The van der Waals surface area contributed by atoms with Gasteiger partial charge in [0.1, 0.15) is 17.1 Å². The fourth-order valence-corrected chi connectivity index (χ4v) is 4.15. The van der Waals surface area contributed by atoms with Crippen molar-refractivity contribution in [2.24, 2.45) is 0 Å². The molecule has 0 amide bonds. The number of nitrogens with one attached hydrogen (secondary N) is 1. The second kappa shape index (κ2) is 9.35. The lowest BCUT2D eigenvalue weighted by Gasteiger charge is -2.14. The third kappa shape index (κ3) is 4.43. The molecule has 0 aliphatic heterocycles. The van der Waals surface area contributed by atoms with Crippen molar-refractivity contribution in [1.29, 1.82) is 0 Å². The van der Waals surface area contributed by atoms with Crippen LogP contribution in [0.4, 0.5) is 0 Å². The van der Waals surface area contributed by atoms with Gasteiger partial charge in [-0.1, -0.05) is 25.5 Å². The molecule has 2 N–H and O–H groups in total. The van der Waals surface area contributed by atoms with E-state index in [2.05, 4.69) is 27.1 Å². The molecule has 0 saturated carbocycles. The van der Waals surface area contributed by atoms with Crippen LogP contribution in [0, 0.1) is 6.92 Å². The minimum Gasteiger partial charge on any atom is -0.506 e. The molecule has 4 aromatic rings. The van der Waals surface area contributed by atoms with Crippen molar-refractivity contribution in [3.8, 4) is 34.1 Å². The largest absolute Gasteiger partial charge is 0.506 e. The smallest absolute Gasteiger partial charge is 0.264 e. The number of ether oxygens (including phenoxy) is 1. The number of unbranched alkanes of at least 4 members (excludes halogenated alkanes) is 1. The van der Waals surface area contributed by atoms with Gasteiger partial charge in [-0.05, 0) is 37.5 Å². The number of aromatic hydroxyl groups is 1. The van der Waals surface area contributed by atoms with E-state index in [0.717, 1.165) is 29.1 Å². The molecule has 8 nitrogen and oxygen atoms in total. The first-order valence-electron chi connectivity index (χ1n) is 10.4. The molecule has 4 rings (SSSR count). The molecule has 0 atom stereocenters. The van der Waals surface area contributed by atoms with Crippen molar-refractivity contribution in [2.75, 3.05) is 7.11 Å². The summed E-state index contributed by atoms with van der Waals surface area (Å²) in [6, 6.07) is 7.33. The van der Waals surface area contributed by atoms with Crippen LogP contribution >= 0.6 is 11.3 Å². The molecule has 0 fully saturated rings. The van der Waals surface area contributed by atoms with Crippen molar-refractivity contribution in [2.45, 2.75) is 39.5 Å². The normalized spacial score (nSPS) is 11.1. The Morgan fingerprint density at radius 2 is 2.09 bits per heavy atom. The third-order valence-electron chi connectivity index (χ3n) is 5.09. The second-order valence-corrected chi connectivity index (χ2v) is 8.46. The number of benzene rings is 1. The van der Waals surface area contributed by atoms with E-state index in [1.807, 2.05) is 36.6 Å². The Kier molecular flexibility index (Phi) is 6.36. The molecule has 0 unspecified atom stereocenters. The van der Waals surface area contributed by atoms with Gasteiger partial charge in [0.25, 0.3) is 11.4 Å². The van der Waals surface area contributed by atoms with E-state index in [1.165, 1.54) is 11.3 Å². The number of methoxy groups -OCH3 is 1. The Balaban J connectivity index is 1.80. The Labute approximate surface area is 189 Å². The van der Waals surface area contributed by atoms with Crippen LogP contribution < -0.4 is 10.3 Å². The Morgan fingerprint density at radius 1 is 1.25 bits per heavy atom. The summed E-state index contributed by atoms with van der Waals surface area (Å²) in [5.74, 6) is 0.751. The van der Waals surface area contributed by atoms with Crippen LogP contribution in [0.3, 0.4) is 0 Å². The fourth-order valence-electron chi connectivity index (χ4n) is 3.54. The van der Waals surface area contributed by atoms with E-state index < -0.39 is 5.56 Å². The van der Waals surface area contributed by atoms with Gasteiger partial charge in [0.2, 0.25) is 5.89 Å². The molecule has 32 heavy (non-hydrogen) atoms. The predicted molar refractivity (Wildman–Crippen MR) is 122 cm³/mol. The molecular formula is C23H24N4O4S. The minimum absolute atomic E-state index is 0.0307. The first-order valence-corrected chi connectivity index (χ1v) is 11.2. The van der Waals surface area contributed by atoms with Crippen LogP contribution in [-0.2, 0) is 12.8 Å². The zero-order chi connectivity index (χ0) is 22.7. The molecule has 0 aliphatic carbocycles. The van der Waals surface area contributed by atoms with Crippen LogP contribution in [0.2, 0.25) is 0 Å². The van der Waals surface area contributed by atoms with Gasteiger partial charge in [-0.3, -0.25) is 4.79 Å². The van der Waals surface area contributed by atoms with Crippen LogP contribution in [0.15, 0.2) is 38.9 Å². The lowest BCUT2D eigenvalue weighted by Crippen LogP contribution is -2.14. The molecule has 3 aromatic heterocycles. The monoisotopic (exact) mass is 452 g/mol. The number of hydrogen-bond donors (Lipinski definition) is 2. The van der Waals surface area contributed by atoms with E-state index in [0.29, 0.717) is 35.7 Å². The number of nitrogens with zero attached hydrogens (tertiary/aromatic N) is 3. The number of aromatic amines is 1. The summed E-state index contributed by atoms with van der Waals surface area (Å²) in [6.45, 7) is 3.99. The first-order chi connectivity index (χ1) is 15.5. The number of thiazole rings is 1. The van der Waals surface area contributed by atoms with E-state index in [-0.39, 0.29) is 17.2 Å². The highest BCUT2D eigenvalue weighted by Crippen LogP contribution is 2.38. The predicted octanol–water partition coefficient (Wildman–Crippen LogP) is 4.50. The van der Waals surface area contributed by atoms with Crippen LogP contribution in [0.5, 0.6) is 11.5 Å². The molecule has 166 valence electrons. The van der Waals surface area contributed by atoms with Crippen molar-refractivity contribution in [3.63, 3.8) is 0 Å². The molecular weight excluding hydrogens is 428 g/mol. The summed E-state index contributed by atoms with van der Waals surface area (Å²) in [6.07, 6.45) is 2.78. The van der Waals surface area contributed by atoms with Gasteiger partial charge in [0.05, 0.1) is 24.2 Å². The molecule has 0 spiro atoms. The number of aromatic nitrogens is 4. The fraction of sp³-hybridized carbons (Fsp3) is 0.304. The van der Waals surface area contributed by atoms with E-state index >= 15 is 0 Å².